The van der Waals surface area contributed by atoms with E-state index in [0.29, 0.717) is 25.1 Å². The maximum absolute atomic E-state index is 12.3. The second-order valence-electron chi connectivity index (χ2n) is 5.54. The number of carboxylic acids is 1. The summed E-state index contributed by atoms with van der Waals surface area (Å²) >= 11 is 0. The van der Waals surface area contributed by atoms with Gasteiger partial charge in [-0.25, -0.2) is 0 Å². The molecule has 114 valence electrons. The van der Waals surface area contributed by atoms with Gasteiger partial charge in [0.2, 0.25) is 0 Å². The van der Waals surface area contributed by atoms with Crippen LogP contribution in [0, 0.1) is 5.92 Å². The Morgan fingerprint density at radius 2 is 2.00 bits per heavy atom. The van der Waals surface area contributed by atoms with Crippen molar-refractivity contribution in [3.05, 3.63) is 35.9 Å². The van der Waals surface area contributed by atoms with Crippen LogP contribution in [0.3, 0.4) is 0 Å². The number of aliphatic carboxylic acids is 1. The van der Waals surface area contributed by atoms with Crippen molar-refractivity contribution in [1.82, 2.24) is 4.90 Å². The number of likely N-dealkylation sites (tertiary alicyclic amines) is 1. The van der Waals surface area contributed by atoms with E-state index in [2.05, 4.69) is 0 Å². The molecule has 1 unspecified atom stereocenters. The molecule has 0 bridgehead atoms. The first-order valence-corrected chi connectivity index (χ1v) is 7.31. The van der Waals surface area contributed by atoms with Gasteiger partial charge in [-0.1, -0.05) is 30.3 Å². The molecular weight excluding hydrogens is 270 g/mol. The molecular formula is C16H21NO4. The van der Waals surface area contributed by atoms with Crippen LogP contribution < -0.4 is 0 Å². The molecule has 2 atom stereocenters. The summed E-state index contributed by atoms with van der Waals surface area (Å²) in [5, 5.41) is 18.9. The van der Waals surface area contributed by atoms with Crippen molar-refractivity contribution in [2.45, 2.75) is 31.8 Å². The van der Waals surface area contributed by atoms with E-state index in [1.165, 1.54) is 0 Å². The summed E-state index contributed by atoms with van der Waals surface area (Å²) in [6.07, 6.45) is 1.38. The smallest absolute Gasteiger partial charge is 0.303 e. The van der Waals surface area contributed by atoms with Gasteiger partial charge >= 0.3 is 5.97 Å². The van der Waals surface area contributed by atoms with Crippen LogP contribution >= 0.6 is 0 Å². The van der Waals surface area contributed by atoms with Gasteiger partial charge in [-0.05, 0) is 30.7 Å². The third-order valence-corrected chi connectivity index (χ3v) is 3.95. The topological polar surface area (TPSA) is 77.8 Å². The number of hydrogen-bond acceptors (Lipinski definition) is 3. The summed E-state index contributed by atoms with van der Waals surface area (Å²) in [5.74, 6) is -0.884. The second kappa shape index (κ2) is 7.22. The average molecular weight is 291 g/mol. The van der Waals surface area contributed by atoms with Crippen LogP contribution in [0.2, 0.25) is 0 Å². The number of carbonyl (C=O) groups is 2. The van der Waals surface area contributed by atoms with E-state index in [-0.39, 0.29) is 18.2 Å². The van der Waals surface area contributed by atoms with E-state index < -0.39 is 12.1 Å². The predicted molar refractivity (Wildman–Crippen MR) is 77.6 cm³/mol. The summed E-state index contributed by atoms with van der Waals surface area (Å²) in [6, 6.07) is 8.88. The molecule has 1 aliphatic rings. The van der Waals surface area contributed by atoms with E-state index >= 15 is 0 Å². The lowest BCUT2D eigenvalue weighted by atomic mass is 9.93. The van der Waals surface area contributed by atoms with Crippen LogP contribution in [0.5, 0.6) is 0 Å². The van der Waals surface area contributed by atoms with Crippen LogP contribution in [0.25, 0.3) is 0 Å². The van der Waals surface area contributed by atoms with Gasteiger partial charge in [-0.2, -0.15) is 0 Å². The monoisotopic (exact) mass is 291 g/mol. The Labute approximate surface area is 124 Å². The zero-order valence-corrected chi connectivity index (χ0v) is 11.9. The summed E-state index contributed by atoms with van der Waals surface area (Å²) in [6.45, 7) is 1.17. The number of nitrogens with zero attached hydrogens (tertiary/aromatic N) is 1. The lowest BCUT2D eigenvalue weighted by Gasteiger charge is -2.34. The largest absolute Gasteiger partial charge is 0.481 e. The summed E-state index contributed by atoms with van der Waals surface area (Å²) in [5.41, 5.74) is 0.593. The zero-order chi connectivity index (χ0) is 15.2. The Bertz CT molecular complexity index is 488. The van der Waals surface area contributed by atoms with Crippen LogP contribution in [0.4, 0.5) is 0 Å². The minimum atomic E-state index is -1.13. The number of rotatable bonds is 5. The number of amides is 1. The molecule has 5 heteroatoms. The molecule has 1 saturated heterocycles. The molecule has 1 amide bonds. The van der Waals surface area contributed by atoms with Gasteiger partial charge in [-0.3, -0.25) is 9.59 Å². The molecule has 0 radical (unpaired) electrons. The molecule has 1 aromatic rings. The molecule has 0 spiro atoms. The third kappa shape index (κ3) is 4.29. The molecule has 21 heavy (non-hydrogen) atoms. The Kier molecular flexibility index (Phi) is 5.33. The van der Waals surface area contributed by atoms with Crippen molar-refractivity contribution in [2.75, 3.05) is 13.1 Å². The number of aliphatic hydroxyl groups excluding tert-OH is 1. The lowest BCUT2D eigenvalue weighted by Crippen LogP contribution is -2.42. The summed E-state index contributed by atoms with van der Waals surface area (Å²) in [7, 11) is 0. The van der Waals surface area contributed by atoms with Crippen molar-refractivity contribution in [2.24, 2.45) is 5.92 Å². The van der Waals surface area contributed by atoms with Gasteiger partial charge in [0.15, 0.2) is 6.10 Å². The highest BCUT2D eigenvalue weighted by Gasteiger charge is 2.28. The van der Waals surface area contributed by atoms with Crippen LogP contribution in [0.15, 0.2) is 30.3 Å². The van der Waals surface area contributed by atoms with E-state index in [0.717, 1.165) is 12.8 Å². The van der Waals surface area contributed by atoms with Gasteiger partial charge < -0.3 is 15.1 Å². The highest BCUT2D eigenvalue weighted by molar-refractivity contribution is 5.82. The minimum Gasteiger partial charge on any atom is -0.481 e. The van der Waals surface area contributed by atoms with Gasteiger partial charge in [0.25, 0.3) is 5.91 Å². The maximum atomic E-state index is 12.3. The molecule has 2 rings (SSSR count). The quantitative estimate of drug-likeness (QED) is 0.867. The molecule has 0 aromatic heterocycles. The van der Waals surface area contributed by atoms with E-state index in [1.54, 1.807) is 29.2 Å². The van der Waals surface area contributed by atoms with Gasteiger partial charge in [-0.15, -0.1) is 0 Å². The molecule has 0 aliphatic carbocycles. The Morgan fingerprint density at radius 3 is 2.67 bits per heavy atom. The SMILES string of the molecule is O=C(O)CCC1CCCN(C(=O)[C@@H](O)c2ccccc2)C1. The fourth-order valence-corrected chi connectivity index (χ4v) is 2.78. The van der Waals surface area contributed by atoms with Gasteiger partial charge in [0.05, 0.1) is 0 Å². The zero-order valence-electron chi connectivity index (χ0n) is 11.9. The Hall–Kier alpha value is -1.88. The first-order chi connectivity index (χ1) is 10.1. The first kappa shape index (κ1) is 15.5. The number of carboxylic acid groups (broad SMARTS) is 1. The van der Waals surface area contributed by atoms with Crippen LogP contribution in [-0.4, -0.2) is 40.1 Å². The fourth-order valence-electron chi connectivity index (χ4n) is 2.78. The van der Waals surface area contributed by atoms with E-state index in [4.69, 9.17) is 5.11 Å². The number of benzene rings is 1. The average Bonchev–Trinajstić information content (AvgIpc) is 2.52. The van der Waals surface area contributed by atoms with Gasteiger partial charge in [0.1, 0.15) is 0 Å². The first-order valence-electron chi connectivity index (χ1n) is 7.31. The number of aliphatic hydroxyl groups is 1. The summed E-state index contributed by atoms with van der Waals surface area (Å²) < 4.78 is 0. The highest BCUT2D eigenvalue weighted by Crippen LogP contribution is 2.24. The Balaban J connectivity index is 1.94. The Morgan fingerprint density at radius 1 is 1.29 bits per heavy atom. The summed E-state index contributed by atoms with van der Waals surface area (Å²) in [4.78, 5) is 24.6. The normalized spacial score (nSPS) is 20.0. The molecule has 1 heterocycles. The molecule has 5 nitrogen and oxygen atoms in total. The maximum Gasteiger partial charge on any atom is 0.303 e. The fraction of sp³-hybridized carbons (Fsp3) is 0.500. The predicted octanol–water partition coefficient (Wildman–Crippen LogP) is 1.82. The number of hydrogen-bond donors (Lipinski definition) is 2. The molecule has 0 saturated carbocycles. The molecule has 2 N–H and O–H groups in total. The van der Waals surface area contributed by atoms with Crippen LogP contribution in [-0.2, 0) is 9.59 Å². The van der Waals surface area contributed by atoms with Crippen LogP contribution in [0.1, 0.15) is 37.4 Å². The second-order valence-corrected chi connectivity index (χ2v) is 5.54. The number of piperidine rings is 1. The molecule has 1 fully saturated rings. The highest BCUT2D eigenvalue weighted by atomic mass is 16.4. The van der Waals surface area contributed by atoms with Crippen molar-refractivity contribution in [3.63, 3.8) is 0 Å². The minimum absolute atomic E-state index is 0.133. The standard InChI is InChI=1S/C16H21NO4/c18-14(19)9-8-12-5-4-10-17(11-12)16(21)15(20)13-6-2-1-3-7-13/h1-3,6-7,12,15,20H,4-5,8-11H2,(H,18,19)/t12?,15-/m0/s1. The molecule has 1 aliphatic heterocycles. The van der Waals surface area contributed by atoms with Gasteiger partial charge in [0, 0.05) is 19.5 Å². The van der Waals surface area contributed by atoms with Crippen molar-refractivity contribution in [1.29, 1.82) is 0 Å². The van der Waals surface area contributed by atoms with E-state index in [1.807, 2.05) is 6.07 Å². The van der Waals surface area contributed by atoms with E-state index in [9.17, 15) is 14.7 Å². The third-order valence-electron chi connectivity index (χ3n) is 3.95. The van der Waals surface area contributed by atoms with Crippen molar-refractivity contribution in [3.8, 4) is 0 Å². The number of carbonyl (C=O) groups excluding carboxylic acids is 1. The lowest BCUT2D eigenvalue weighted by molar-refractivity contribution is -0.142. The van der Waals surface area contributed by atoms with Crippen molar-refractivity contribution >= 4 is 11.9 Å². The molecule has 1 aromatic carbocycles. The van der Waals surface area contributed by atoms with Crippen molar-refractivity contribution < 1.29 is 19.8 Å².